The summed E-state index contributed by atoms with van der Waals surface area (Å²) in [6, 6.07) is 18.6. The quantitative estimate of drug-likeness (QED) is 0.363. The summed E-state index contributed by atoms with van der Waals surface area (Å²) in [5.41, 5.74) is 1.10. The van der Waals surface area contributed by atoms with Crippen LogP contribution in [0.25, 0.3) is 10.9 Å². The number of hydrogen-bond acceptors (Lipinski definition) is 6. The number of halogens is 1. The molecular weight excluding hydrogens is 501 g/mol. The van der Waals surface area contributed by atoms with Crippen LogP contribution in [0.15, 0.2) is 76.3 Å². The predicted octanol–water partition coefficient (Wildman–Crippen LogP) is 2.44. The lowest BCUT2D eigenvalue weighted by Crippen LogP contribution is -2.48. The Morgan fingerprint density at radius 3 is 2.46 bits per heavy atom. The van der Waals surface area contributed by atoms with E-state index in [1.165, 1.54) is 12.1 Å². The van der Waals surface area contributed by atoms with Crippen LogP contribution in [0.4, 0.5) is 10.1 Å². The zero-order valence-corrected chi connectivity index (χ0v) is 21.7. The van der Waals surface area contributed by atoms with Crippen molar-refractivity contribution in [2.45, 2.75) is 6.54 Å². The van der Waals surface area contributed by atoms with Crippen molar-refractivity contribution >= 4 is 22.5 Å². The van der Waals surface area contributed by atoms with Crippen molar-refractivity contribution in [2.75, 3.05) is 51.3 Å². The van der Waals surface area contributed by atoms with Gasteiger partial charge in [-0.1, -0.05) is 24.3 Å². The van der Waals surface area contributed by atoms with Gasteiger partial charge in [-0.15, -0.1) is 0 Å². The van der Waals surface area contributed by atoms with Crippen molar-refractivity contribution in [1.82, 2.24) is 19.8 Å². The molecule has 5 rings (SSSR count). The van der Waals surface area contributed by atoms with Gasteiger partial charge in [0.05, 0.1) is 30.2 Å². The Hall–Kier alpha value is -4.44. The Morgan fingerprint density at radius 2 is 1.74 bits per heavy atom. The molecule has 2 heterocycles. The number of rotatable bonds is 8. The van der Waals surface area contributed by atoms with E-state index >= 15 is 0 Å². The standard InChI is InChI=1S/C29H30FN5O4/c1-39-22-9-6-20(7-10-22)19-35-28(37)23-11-8-21(18-25(23)32-29(35)38)27(36)31-12-13-33-14-16-34(17-15-33)26-5-3-2-4-24(26)30/h2-11,18H,12-17,19H2,1H3,(H,31,36)(H,32,38). The van der Waals surface area contributed by atoms with Gasteiger partial charge in [-0.25, -0.2) is 9.18 Å². The topological polar surface area (TPSA) is 99.7 Å². The van der Waals surface area contributed by atoms with Crippen LogP contribution < -0.4 is 26.2 Å². The summed E-state index contributed by atoms with van der Waals surface area (Å²) in [7, 11) is 1.57. The zero-order chi connectivity index (χ0) is 27.4. The molecule has 1 aromatic heterocycles. The van der Waals surface area contributed by atoms with E-state index in [1.807, 2.05) is 11.0 Å². The van der Waals surface area contributed by atoms with E-state index in [0.717, 1.165) is 23.2 Å². The summed E-state index contributed by atoms with van der Waals surface area (Å²) in [5.74, 6) is 0.183. The predicted molar refractivity (Wildman–Crippen MR) is 148 cm³/mol. The number of H-pyrrole nitrogens is 1. The normalized spacial score (nSPS) is 13.9. The third kappa shape index (κ3) is 5.85. The fourth-order valence-electron chi connectivity index (χ4n) is 4.80. The van der Waals surface area contributed by atoms with Gasteiger partial charge in [0.2, 0.25) is 0 Å². The smallest absolute Gasteiger partial charge is 0.329 e. The summed E-state index contributed by atoms with van der Waals surface area (Å²) in [6.07, 6.45) is 0. The number of benzene rings is 3. The highest BCUT2D eigenvalue weighted by Crippen LogP contribution is 2.20. The van der Waals surface area contributed by atoms with Gasteiger partial charge in [0.1, 0.15) is 11.6 Å². The van der Waals surface area contributed by atoms with E-state index in [1.54, 1.807) is 55.6 Å². The number of carbonyl (C=O) groups excluding carboxylic acids is 1. The summed E-state index contributed by atoms with van der Waals surface area (Å²) in [4.78, 5) is 45.5. The number of amides is 1. The first kappa shape index (κ1) is 26.2. The number of ether oxygens (including phenoxy) is 1. The van der Waals surface area contributed by atoms with Gasteiger partial charge >= 0.3 is 5.69 Å². The molecule has 1 amide bonds. The summed E-state index contributed by atoms with van der Waals surface area (Å²) in [5, 5.41) is 3.23. The maximum absolute atomic E-state index is 14.1. The number of para-hydroxylation sites is 1. The van der Waals surface area contributed by atoms with Crippen LogP contribution in [0.1, 0.15) is 15.9 Å². The fourth-order valence-corrected chi connectivity index (χ4v) is 4.80. The van der Waals surface area contributed by atoms with Gasteiger partial charge in [0.15, 0.2) is 0 Å². The molecule has 0 atom stereocenters. The van der Waals surface area contributed by atoms with Gasteiger partial charge < -0.3 is 19.9 Å². The highest BCUT2D eigenvalue weighted by atomic mass is 19.1. The number of anilines is 1. The number of fused-ring (bicyclic) bond motifs is 1. The third-order valence-electron chi connectivity index (χ3n) is 7.02. The Labute approximate surface area is 224 Å². The minimum atomic E-state index is -0.546. The molecule has 0 radical (unpaired) electrons. The van der Waals surface area contributed by atoms with E-state index in [0.29, 0.717) is 54.1 Å². The van der Waals surface area contributed by atoms with Crippen LogP contribution in [0.5, 0.6) is 5.75 Å². The number of carbonyl (C=O) groups is 1. The van der Waals surface area contributed by atoms with E-state index in [-0.39, 0.29) is 18.3 Å². The highest BCUT2D eigenvalue weighted by molar-refractivity contribution is 5.97. The SMILES string of the molecule is COc1ccc(Cn2c(=O)[nH]c3cc(C(=O)NCCN4CCN(c5ccccc5F)CC4)ccc3c2=O)cc1. The van der Waals surface area contributed by atoms with Crippen molar-refractivity contribution in [3.05, 3.63) is 105 Å². The maximum Gasteiger partial charge on any atom is 0.329 e. The molecule has 39 heavy (non-hydrogen) atoms. The first-order valence-corrected chi connectivity index (χ1v) is 12.8. The first-order valence-electron chi connectivity index (χ1n) is 12.8. The molecule has 0 unspecified atom stereocenters. The molecule has 4 aromatic rings. The summed E-state index contributed by atoms with van der Waals surface area (Å²) in [6.45, 7) is 4.18. The number of methoxy groups -OCH3 is 1. The van der Waals surface area contributed by atoms with Gasteiger partial charge in [-0.3, -0.25) is 19.1 Å². The Morgan fingerprint density at radius 1 is 1.00 bits per heavy atom. The Balaban J connectivity index is 1.18. The lowest BCUT2D eigenvalue weighted by Gasteiger charge is -2.36. The summed E-state index contributed by atoms with van der Waals surface area (Å²) < 4.78 is 20.3. The second-order valence-electron chi connectivity index (χ2n) is 9.47. The number of piperazine rings is 1. The van der Waals surface area contributed by atoms with Gasteiger partial charge in [0, 0.05) is 44.8 Å². The lowest BCUT2D eigenvalue weighted by molar-refractivity contribution is 0.0948. The minimum Gasteiger partial charge on any atom is -0.497 e. The molecule has 3 aromatic carbocycles. The van der Waals surface area contributed by atoms with E-state index in [2.05, 4.69) is 15.2 Å². The van der Waals surface area contributed by atoms with Crippen LogP contribution in [-0.4, -0.2) is 66.7 Å². The average molecular weight is 532 g/mol. The van der Waals surface area contributed by atoms with Crippen molar-refractivity contribution in [2.24, 2.45) is 0 Å². The molecule has 0 saturated carbocycles. The molecular formula is C29H30FN5O4. The highest BCUT2D eigenvalue weighted by Gasteiger charge is 2.19. The van der Waals surface area contributed by atoms with Gasteiger partial charge in [-0.05, 0) is 48.0 Å². The molecule has 1 saturated heterocycles. The van der Waals surface area contributed by atoms with Crippen LogP contribution in [0.3, 0.4) is 0 Å². The van der Waals surface area contributed by atoms with Crippen molar-refractivity contribution in [3.63, 3.8) is 0 Å². The molecule has 0 spiro atoms. The molecule has 0 aliphatic carbocycles. The van der Waals surface area contributed by atoms with Crippen LogP contribution in [0, 0.1) is 5.82 Å². The zero-order valence-electron chi connectivity index (χ0n) is 21.7. The second kappa shape index (κ2) is 11.5. The molecule has 2 N–H and O–H groups in total. The van der Waals surface area contributed by atoms with E-state index in [4.69, 9.17) is 4.74 Å². The number of nitrogens with zero attached hydrogens (tertiary/aromatic N) is 3. The maximum atomic E-state index is 14.1. The van der Waals surface area contributed by atoms with Crippen molar-refractivity contribution < 1.29 is 13.9 Å². The molecule has 9 nitrogen and oxygen atoms in total. The number of nitrogens with one attached hydrogen (secondary N) is 2. The molecule has 0 bridgehead atoms. The average Bonchev–Trinajstić information content (AvgIpc) is 2.96. The minimum absolute atomic E-state index is 0.116. The number of aromatic amines is 1. The van der Waals surface area contributed by atoms with E-state index in [9.17, 15) is 18.8 Å². The fraction of sp³-hybridized carbons (Fsp3) is 0.276. The summed E-state index contributed by atoms with van der Waals surface area (Å²) >= 11 is 0. The molecule has 10 heteroatoms. The Kier molecular flexibility index (Phi) is 7.74. The Bertz CT molecular complexity index is 1590. The largest absolute Gasteiger partial charge is 0.497 e. The van der Waals surface area contributed by atoms with Gasteiger partial charge in [-0.2, -0.15) is 0 Å². The molecule has 202 valence electrons. The molecule has 1 fully saturated rings. The third-order valence-corrected chi connectivity index (χ3v) is 7.02. The van der Waals surface area contributed by atoms with Crippen LogP contribution in [-0.2, 0) is 6.54 Å². The van der Waals surface area contributed by atoms with E-state index < -0.39 is 11.2 Å². The van der Waals surface area contributed by atoms with Crippen molar-refractivity contribution in [1.29, 1.82) is 0 Å². The van der Waals surface area contributed by atoms with Gasteiger partial charge in [0.25, 0.3) is 11.5 Å². The van der Waals surface area contributed by atoms with Crippen LogP contribution in [0.2, 0.25) is 0 Å². The lowest BCUT2D eigenvalue weighted by atomic mass is 10.1. The first-order chi connectivity index (χ1) is 18.9. The van der Waals surface area contributed by atoms with Crippen LogP contribution >= 0.6 is 0 Å². The number of hydrogen-bond donors (Lipinski definition) is 2. The molecule has 1 aliphatic rings. The second-order valence-corrected chi connectivity index (χ2v) is 9.47. The monoisotopic (exact) mass is 531 g/mol. The van der Waals surface area contributed by atoms with Crippen molar-refractivity contribution in [3.8, 4) is 5.75 Å². The number of aromatic nitrogens is 2. The molecule has 1 aliphatic heterocycles.